The van der Waals surface area contributed by atoms with E-state index in [2.05, 4.69) is 36.4 Å². The highest BCUT2D eigenvalue weighted by Gasteiger charge is 2.27. The van der Waals surface area contributed by atoms with E-state index in [0.717, 1.165) is 18.3 Å². The van der Waals surface area contributed by atoms with Crippen molar-refractivity contribution < 1.29 is 8.42 Å². The van der Waals surface area contributed by atoms with Gasteiger partial charge in [0.05, 0.1) is 11.5 Å². The maximum atomic E-state index is 11.5. The summed E-state index contributed by atoms with van der Waals surface area (Å²) in [5, 5.41) is 6.93. The van der Waals surface area contributed by atoms with Gasteiger partial charge in [-0.1, -0.05) is 19.8 Å². The zero-order valence-corrected chi connectivity index (χ0v) is 15.0. The molecule has 2 aliphatic rings. The quantitative estimate of drug-likeness (QED) is 0.611. The third-order valence-electron chi connectivity index (χ3n) is 4.54. The van der Waals surface area contributed by atoms with E-state index in [-0.39, 0.29) is 5.92 Å². The molecule has 5 nitrogen and oxygen atoms in total. The van der Waals surface area contributed by atoms with Crippen LogP contribution in [0.5, 0.6) is 0 Å². The maximum Gasteiger partial charge on any atom is 0.191 e. The topological polar surface area (TPSA) is 70.6 Å². The molecule has 0 amide bonds. The van der Waals surface area contributed by atoms with Gasteiger partial charge in [0.15, 0.2) is 15.8 Å². The van der Waals surface area contributed by atoms with E-state index in [9.17, 15) is 8.42 Å². The Morgan fingerprint density at radius 2 is 2.05 bits per heavy atom. The van der Waals surface area contributed by atoms with Crippen molar-refractivity contribution in [3.05, 3.63) is 0 Å². The molecule has 0 radical (unpaired) electrons. The molecule has 1 saturated carbocycles. The highest BCUT2D eigenvalue weighted by atomic mass is 32.2. The lowest BCUT2D eigenvalue weighted by Gasteiger charge is -2.29. The fourth-order valence-electron chi connectivity index (χ4n) is 3.40. The van der Waals surface area contributed by atoms with Crippen molar-refractivity contribution >= 4 is 15.8 Å². The van der Waals surface area contributed by atoms with Crippen LogP contribution in [0.2, 0.25) is 0 Å². The van der Waals surface area contributed by atoms with E-state index in [1.54, 1.807) is 0 Å². The van der Waals surface area contributed by atoms with E-state index in [0.29, 0.717) is 30.1 Å². The second-order valence-corrected chi connectivity index (χ2v) is 9.60. The average molecular weight is 330 g/mol. The van der Waals surface area contributed by atoms with E-state index in [1.807, 2.05) is 0 Å². The third kappa shape index (κ3) is 5.78. The molecule has 22 heavy (non-hydrogen) atoms. The molecule has 0 aromatic heterocycles. The molecule has 0 aromatic rings. The molecule has 3 unspecified atom stereocenters. The zero-order chi connectivity index (χ0) is 16.2. The smallest absolute Gasteiger partial charge is 0.191 e. The molecule has 1 aliphatic carbocycles. The fraction of sp³-hybridized carbons (Fsp3) is 0.938. The number of sulfone groups is 1. The van der Waals surface area contributed by atoms with Gasteiger partial charge in [0, 0.05) is 18.6 Å². The Bertz CT molecular complexity index is 488. The third-order valence-corrected chi connectivity index (χ3v) is 6.37. The number of hydrogen-bond donors (Lipinski definition) is 2. The van der Waals surface area contributed by atoms with Crippen LogP contribution >= 0.6 is 0 Å². The zero-order valence-electron chi connectivity index (χ0n) is 14.1. The molecule has 2 N–H and O–H groups in total. The molecule has 2 fully saturated rings. The summed E-state index contributed by atoms with van der Waals surface area (Å²) in [5.74, 6) is 2.42. The largest absolute Gasteiger partial charge is 0.354 e. The van der Waals surface area contributed by atoms with Crippen molar-refractivity contribution in [3.63, 3.8) is 0 Å². The van der Waals surface area contributed by atoms with Crippen LogP contribution in [0.1, 0.15) is 52.9 Å². The lowest BCUT2D eigenvalue weighted by molar-refractivity contribution is 0.323. The van der Waals surface area contributed by atoms with Gasteiger partial charge in [0.25, 0.3) is 0 Å². The Hall–Kier alpha value is -0.780. The molecule has 2 rings (SSSR count). The van der Waals surface area contributed by atoms with Crippen LogP contribution in [-0.2, 0) is 9.84 Å². The van der Waals surface area contributed by atoms with Gasteiger partial charge < -0.3 is 10.6 Å². The van der Waals surface area contributed by atoms with Crippen LogP contribution in [0.4, 0.5) is 0 Å². The van der Waals surface area contributed by atoms with E-state index < -0.39 is 9.84 Å². The van der Waals surface area contributed by atoms with E-state index >= 15 is 0 Å². The van der Waals surface area contributed by atoms with Crippen LogP contribution in [-0.4, -0.2) is 44.5 Å². The van der Waals surface area contributed by atoms with E-state index in [1.165, 1.54) is 25.7 Å². The summed E-state index contributed by atoms with van der Waals surface area (Å²) in [6.45, 7) is 7.11. The minimum atomic E-state index is -2.81. The summed E-state index contributed by atoms with van der Waals surface area (Å²) in [4.78, 5) is 4.66. The van der Waals surface area contributed by atoms with Crippen molar-refractivity contribution in [1.82, 2.24) is 10.6 Å². The summed E-state index contributed by atoms with van der Waals surface area (Å²) in [6, 6.07) is 0.806. The van der Waals surface area contributed by atoms with Crippen molar-refractivity contribution in [2.45, 2.75) is 65.0 Å². The van der Waals surface area contributed by atoms with E-state index in [4.69, 9.17) is 0 Å². The van der Waals surface area contributed by atoms with Gasteiger partial charge >= 0.3 is 0 Å². The Balaban J connectivity index is 1.91. The molecule has 1 saturated heterocycles. The monoisotopic (exact) mass is 329 g/mol. The van der Waals surface area contributed by atoms with Crippen LogP contribution in [0, 0.1) is 11.8 Å². The molecule has 3 atom stereocenters. The molecule has 0 spiro atoms. The lowest BCUT2D eigenvalue weighted by Crippen LogP contribution is -2.47. The number of guanidine groups is 1. The first kappa shape index (κ1) is 17.6. The summed E-state index contributed by atoms with van der Waals surface area (Å²) in [6.07, 6.45) is 5.73. The predicted molar refractivity (Wildman–Crippen MR) is 91.9 cm³/mol. The van der Waals surface area contributed by atoms with Crippen LogP contribution in [0.3, 0.4) is 0 Å². The SMILES string of the molecule is CC1CCCC(NC(=NCC2CCS(=O)(=O)C2)NC(C)C)C1. The summed E-state index contributed by atoms with van der Waals surface area (Å²) >= 11 is 0. The molecule has 1 aliphatic heterocycles. The Kier molecular flexibility index (Phi) is 6.12. The van der Waals surface area contributed by atoms with Gasteiger partial charge in [-0.25, -0.2) is 8.42 Å². The van der Waals surface area contributed by atoms with Gasteiger partial charge in [-0.3, -0.25) is 4.99 Å². The van der Waals surface area contributed by atoms with Crippen molar-refractivity contribution in [1.29, 1.82) is 0 Å². The highest BCUT2D eigenvalue weighted by Crippen LogP contribution is 2.23. The summed E-state index contributed by atoms with van der Waals surface area (Å²) < 4.78 is 23.1. The normalized spacial score (nSPS) is 32.2. The second-order valence-electron chi connectivity index (χ2n) is 7.37. The van der Waals surface area contributed by atoms with Crippen LogP contribution < -0.4 is 10.6 Å². The molecule has 1 heterocycles. The number of aliphatic imine (C=N–C) groups is 1. The fourth-order valence-corrected chi connectivity index (χ4v) is 5.25. The van der Waals surface area contributed by atoms with Crippen LogP contribution in [0.15, 0.2) is 4.99 Å². The standard InChI is InChI=1S/C16H31N3O2S/c1-12(2)18-16(19-15-6-4-5-13(3)9-15)17-10-14-7-8-22(20,21)11-14/h12-15H,4-11H2,1-3H3,(H2,17,18,19). The van der Waals surface area contributed by atoms with Crippen molar-refractivity contribution in [2.75, 3.05) is 18.1 Å². The summed E-state index contributed by atoms with van der Waals surface area (Å²) in [5.41, 5.74) is 0. The van der Waals surface area contributed by atoms with Gasteiger partial charge in [-0.15, -0.1) is 0 Å². The van der Waals surface area contributed by atoms with Gasteiger partial charge in [0.2, 0.25) is 0 Å². The minimum absolute atomic E-state index is 0.182. The minimum Gasteiger partial charge on any atom is -0.354 e. The molecule has 0 bridgehead atoms. The second kappa shape index (κ2) is 7.66. The molecule has 128 valence electrons. The first-order chi connectivity index (χ1) is 10.3. The van der Waals surface area contributed by atoms with Crippen LogP contribution in [0.25, 0.3) is 0 Å². The number of rotatable bonds is 4. The molecule has 0 aromatic carbocycles. The maximum absolute atomic E-state index is 11.5. The molecular weight excluding hydrogens is 298 g/mol. The molecular formula is C16H31N3O2S. The number of hydrogen-bond acceptors (Lipinski definition) is 3. The Labute approximate surface area is 135 Å². The predicted octanol–water partition coefficient (Wildman–Crippen LogP) is 1.94. The summed E-state index contributed by atoms with van der Waals surface area (Å²) in [7, 11) is -2.81. The van der Waals surface area contributed by atoms with Gasteiger partial charge in [0.1, 0.15) is 0 Å². The first-order valence-electron chi connectivity index (χ1n) is 8.62. The highest BCUT2D eigenvalue weighted by molar-refractivity contribution is 7.91. The number of nitrogens with one attached hydrogen (secondary N) is 2. The Morgan fingerprint density at radius 1 is 1.27 bits per heavy atom. The first-order valence-corrected chi connectivity index (χ1v) is 10.4. The van der Waals surface area contributed by atoms with Gasteiger partial charge in [-0.2, -0.15) is 0 Å². The van der Waals surface area contributed by atoms with Crippen molar-refractivity contribution in [3.8, 4) is 0 Å². The Morgan fingerprint density at radius 3 is 2.64 bits per heavy atom. The van der Waals surface area contributed by atoms with Crippen molar-refractivity contribution in [2.24, 2.45) is 16.8 Å². The average Bonchev–Trinajstić information content (AvgIpc) is 2.75. The lowest BCUT2D eigenvalue weighted by atomic mass is 9.87. The molecule has 6 heteroatoms. The number of nitrogens with zero attached hydrogens (tertiary/aromatic N) is 1. The van der Waals surface area contributed by atoms with Gasteiger partial charge in [-0.05, 0) is 44.9 Å².